The first-order valence-corrected chi connectivity index (χ1v) is 6.72. The number of carbonyl (C=O) groups excluding carboxylic acids is 2. The monoisotopic (exact) mass is 310 g/mol. The molecule has 0 bridgehead atoms. The van der Waals surface area contributed by atoms with Crippen LogP contribution in [0.5, 0.6) is 0 Å². The van der Waals surface area contributed by atoms with Gasteiger partial charge in [0.2, 0.25) is 0 Å². The maximum atomic E-state index is 9.28. The van der Waals surface area contributed by atoms with Crippen molar-refractivity contribution in [2.24, 2.45) is 0 Å². The van der Waals surface area contributed by atoms with E-state index in [2.05, 4.69) is 20.3 Å². The predicted octanol–water partition coefficient (Wildman–Crippen LogP) is -7.76. The average Bonchev–Trinajstić information content (AvgIpc) is 2.27. The summed E-state index contributed by atoms with van der Waals surface area (Å²) in [6, 6.07) is 0. The molecule has 0 aromatic rings. The quantitative estimate of drug-likeness (QED) is 0.174. The molecule has 0 amide bonds. The van der Waals surface area contributed by atoms with Crippen LogP contribution in [-0.2, 0) is 9.59 Å². The molecule has 0 saturated carbocycles. The average molecular weight is 310 g/mol. The van der Waals surface area contributed by atoms with Gasteiger partial charge in [-0.25, -0.2) is 0 Å². The van der Waals surface area contributed by atoms with E-state index in [-0.39, 0.29) is 78.0 Å². The molecule has 0 N–H and O–H groups in total. The Hall–Kier alpha value is 1.54. The van der Waals surface area contributed by atoms with Crippen molar-refractivity contribution in [3.63, 3.8) is 0 Å². The topological polar surface area (TPSA) is 80.3 Å². The van der Waals surface area contributed by atoms with Crippen LogP contribution in [0.2, 0.25) is 0 Å². The van der Waals surface area contributed by atoms with Crippen molar-refractivity contribution in [1.82, 2.24) is 0 Å². The van der Waals surface area contributed by atoms with Gasteiger partial charge in [0, 0.05) is 18.4 Å². The normalized spacial score (nSPS) is 8.10. The fourth-order valence-electron chi connectivity index (χ4n) is 1.42. The number of unbranched alkanes of at least 4 members (excludes halogenated alkanes) is 8. The number of carboxylic acid groups (broad SMARTS) is 2. The second-order valence-corrected chi connectivity index (χ2v) is 4.24. The molecule has 0 aliphatic heterocycles. The first-order chi connectivity index (χ1) is 8.54. The standard InChI is InChI=1S/C11H23.C3H4O4.Li.2Na/c1-3-5-7-9-11-10-8-6-4-2;4-2(5)1-3(6)7;;;/h3H,4-11H2,1-2H3;1H2,(H,4,5)(H,6,7);;;/q-1;;3*+1/p-2. The van der Waals surface area contributed by atoms with Gasteiger partial charge in [-0.1, -0.05) is 51.9 Å². The van der Waals surface area contributed by atoms with Gasteiger partial charge in [-0.3, -0.25) is 0 Å². The Morgan fingerprint density at radius 2 is 1.24 bits per heavy atom. The molecule has 4 nitrogen and oxygen atoms in total. The third-order valence-electron chi connectivity index (χ3n) is 2.39. The molecule has 0 radical (unpaired) electrons. The van der Waals surface area contributed by atoms with Crippen LogP contribution in [0.15, 0.2) is 0 Å². The van der Waals surface area contributed by atoms with Gasteiger partial charge in [-0.05, 0) is 0 Å². The Kier molecular flexibility index (Phi) is 47.8. The number of hydrogen-bond acceptors (Lipinski definition) is 4. The van der Waals surface area contributed by atoms with Crippen LogP contribution in [0.3, 0.4) is 0 Å². The maximum absolute atomic E-state index is 9.28. The summed E-state index contributed by atoms with van der Waals surface area (Å²) in [5, 5.41) is 18.6. The van der Waals surface area contributed by atoms with Crippen molar-refractivity contribution in [2.45, 2.75) is 71.6 Å². The van der Waals surface area contributed by atoms with E-state index in [9.17, 15) is 19.8 Å². The van der Waals surface area contributed by atoms with Gasteiger partial charge in [0.1, 0.15) is 0 Å². The number of carbonyl (C=O) groups is 2. The molecule has 7 heteroatoms. The summed E-state index contributed by atoms with van der Waals surface area (Å²) in [6.07, 6.45) is 12.6. The van der Waals surface area contributed by atoms with E-state index in [0.717, 1.165) is 0 Å². The number of aliphatic carboxylic acids is 2. The number of carboxylic acids is 2. The van der Waals surface area contributed by atoms with E-state index in [1.54, 1.807) is 0 Å². The van der Waals surface area contributed by atoms with E-state index in [1.807, 2.05) is 0 Å². The van der Waals surface area contributed by atoms with Crippen LogP contribution in [0.4, 0.5) is 0 Å². The van der Waals surface area contributed by atoms with Crippen LogP contribution in [0, 0.1) is 6.42 Å². The summed E-state index contributed by atoms with van der Waals surface area (Å²) >= 11 is 0. The van der Waals surface area contributed by atoms with Crippen molar-refractivity contribution in [1.29, 1.82) is 0 Å². The Labute approximate surface area is 186 Å². The molecule has 0 fully saturated rings. The molecule has 0 atom stereocenters. The van der Waals surface area contributed by atoms with Crippen LogP contribution in [0.25, 0.3) is 0 Å². The zero-order chi connectivity index (χ0) is 14.2. The molecule has 0 spiro atoms. The van der Waals surface area contributed by atoms with Gasteiger partial charge in [0.15, 0.2) is 0 Å². The summed E-state index contributed by atoms with van der Waals surface area (Å²) in [5.41, 5.74) is 0. The first kappa shape index (κ1) is 34.0. The Morgan fingerprint density at radius 3 is 1.52 bits per heavy atom. The summed E-state index contributed by atoms with van der Waals surface area (Å²) < 4.78 is 0. The largest absolute Gasteiger partial charge is 1.00 e. The molecule has 0 rings (SSSR count). The van der Waals surface area contributed by atoms with E-state index in [0.29, 0.717) is 0 Å². The molecule has 0 saturated heterocycles. The molecule has 0 aromatic heterocycles. The first-order valence-electron chi connectivity index (χ1n) is 6.72. The smallest absolute Gasteiger partial charge is 0.550 e. The summed E-state index contributed by atoms with van der Waals surface area (Å²) in [5.74, 6) is -3.25. The Balaban J connectivity index is -0.0000000762. The van der Waals surface area contributed by atoms with Crippen molar-refractivity contribution in [2.75, 3.05) is 0 Å². The third-order valence-corrected chi connectivity index (χ3v) is 2.39. The zero-order valence-electron chi connectivity index (χ0n) is 14.6. The molecular weight excluding hydrogens is 285 g/mol. The summed E-state index contributed by atoms with van der Waals surface area (Å²) in [4.78, 5) is 18.6. The predicted molar refractivity (Wildman–Crippen MR) is 67.2 cm³/mol. The number of hydrogen-bond donors (Lipinski definition) is 0. The van der Waals surface area contributed by atoms with E-state index in [1.165, 1.54) is 51.4 Å². The summed E-state index contributed by atoms with van der Waals surface area (Å²) in [7, 11) is 0. The van der Waals surface area contributed by atoms with Gasteiger partial charge < -0.3 is 26.2 Å². The van der Waals surface area contributed by atoms with Crippen LogP contribution in [-0.4, -0.2) is 11.9 Å². The van der Waals surface area contributed by atoms with E-state index in [4.69, 9.17) is 0 Å². The van der Waals surface area contributed by atoms with Gasteiger partial charge in [-0.15, -0.1) is 0 Å². The minimum atomic E-state index is -1.63. The van der Waals surface area contributed by atoms with Crippen molar-refractivity contribution in [3.8, 4) is 0 Å². The van der Waals surface area contributed by atoms with Crippen molar-refractivity contribution < 1.29 is 97.8 Å². The van der Waals surface area contributed by atoms with Gasteiger partial charge >= 0.3 is 78.0 Å². The Bertz CT molecular complexity index is 197. The Morgan fingerprint density at radius 1 is 0.857 bits per heavy atom. The van der Waals surface area contributed by atoms with Crippen molar-refractivity contribution >= 4 is 11.9 Å². The second kappa shape index (κ2) is 29.5. The minimum absolute atomic E-state index is 0. The van der Waals surface area contributed by atoms with Gasteiger partial charge in [-0.2, -0.15) is 13.3 Å². The second-order valence-electron chi connectivity index (χ2n) is 4.24. The molecule has 0 aliphatic carbocycles. The minimum Gasteiger partial charge on any atom is -0.550 e. The molecular formula is C14H25LiNa2O4. The van der Waals surface area contributed by atoms with Crippen molar-refractivity contribution in [3.05, 3.63) is 6.42 Å². The summed E-state index contributed by atoms with van der Waals surface area (Å²) in [6.45, 7) is 4.42. The molecule has 0 aliphatic rings. The fraction of sp³-hybridized carbons (Fsp3) is 0.786. The van der Waals surface area contributed by atoms with E-state index < -0.39 is 18.4 Å². The van der Waals surface area contributed by atoms with Crippen LogP contribution in [0.1, 0.15) is 71.6 Å². The maximum Gasteiger partial charge on any atom is 1.00 e. The van der Waals surface area contributed by atoms with Gasteiger partial charge in [0.25, 0.3) is 0 Å². The van der Waals surface area contributed by atoms with E-state index >= 15 is 0 Å². The third kappa shape index (κ3) is 44.9. The SMILES string of the molecule is C[CH-]CCCCCCCCC.O=C([O-])CC(=O)[O-].[Li+].[Na+].[Na+]. The molecule has 108 valence electrons. The van der Waals surface area contributed by atoms with Gasteiger partial charge in [0.05, 0.1) is 0 Å². The van der Waals surface area contributed by atoms with Crippen LogP contribution >= 0.6 is 0 Å². The zero-order valence-corrected chi connectivity index (χ0v) is 18.6. The molecule has 0 unspecified atom stereocenters. The molecule has 21 heavy (non-hydrogen) atoms. The molecule has 0 heterocycles. The molecule has 0 aromatic carbocycles. The van der Waals surface area contributed by atoms with Crippen LogP contribution < -0.4 is 88.2 Å². The number of rotatable bonds is 10. The fourth-order valence-corrected chi connectivity index (χ4v) is 1.42.